The van der Waals surface area contributed by atoms with E-state index >= 15 is 0 Å². The number of aryl methyl sites for hydroxylation is 4. The van der Waals surface area contributed by atoms with Crippen molar-refractivity contribution in [2.75, 3.05) is 0 Å². The number of nitriles is 4. The molecule has 4 aliphatic carbocycles. The van der Waals surface area contributed by atoms with Crippen molar-refractivity contribution in [2.45, 2.75) is 38.5 Å². The Hall–Kier alpha value is -11.4. The fourth-order valence-corrected chi connectivity index (χ4v) is 26.4. The van der Waals surface area contributed by atoms with Gasteiger partial charge in [0.1, 0.15) is 57.5 Å². The second-order valence-electron chi connectivity index (χ2n) is 26.6. The van der Waals surface area contributed by atoms with Gasteiger partial charge in [-0.3, -0.25) is 9.59 Å². The monoisotopic (exact) mass is 1480 g/mol. The summed E-state index contributed by atoms with van der Waals surface area (Å²) in [5, 5.41) is 40.6. The molecule has 0 saturated heterocycles. The molecule has 8 aromatic heterocycles. The van der Waals surface area contributed by atoms with Crippen molar-refractivity contribution in [3.05, 3.63) is 304 Å². The minimum atomic E-state index is -0.766. The third-order valence-electron chi connectivity index (χ3n) is 21.0. The van der Waals surface area contributed by atoms with Crippen molar-refractivity contribution in [1.29, 1.82) is 21.0 Å². The first kappa shape index (κ1) is 62.4. The Balaban J connectivity index is 0.789. The zero-order valence-electron chi connectivity index (χ0n) is 55.1. The smallest absolute Gasteiger partial charge is 0.194 e. The van der Waals surface area contributed by atoms with Gasteiger partial charge < -0.3 is 0 Å². The third kappa shape index (κ3) is 8.50. The first-order valence-electron chi connectivity index (χ1n) is 33.2. The Morgan fingerprint density at radius 2 is 0.673 bits per heavy atom. The van der Waals surface area contributed by atoms with Crippen molar-refractivity contribution in [3.63, 3.8) is 0 Å². The van der Waals surface area contributed by atoms with Crippen molar-refractivity contribution < 1.29 is 9.59 Å². The number of nitrogens with zero attached hydrogens (tertiary/aromatic N) is 8. The van der Waals surface area contributed by atoms with Crippen LogP contribution in [-0.2, 0) is 10.8 Å². The number of hydrogen-bond acceptors (Lipinski definition) is 18. The molecule has 0 N–H and O–H groups in total. The minimum absolute atomic E-state index is 0.120. The lowest BCUT2D eigenvalue weighted by Gasteiger charge is -2.34. The highest BCUT2D eigenvalue weighted by molar-refractivity contribution is 7.38. The predicted molar refractivity (Wildman–Crippen MR) is 426 cm³/mol. The van der Waals surface area contributed by atoms with E-state index in [1.807, 2.05) is 93.9 Å². The second-order valence-corrected chi connectivity index (χ2v) is 33.9. The molecule has 8 heterocycles. The van der Waals surface area contributed by atoms with E-state index in [2.05, 4.69) is 149 Å². The Labute approximate surface area is 626 Å². The maximum absolute atomic E-state index is 14.2. The summed E-state index contributed by atoms with van der Waals surface area (Å²) in [5.74, 6) is -0.497. The van der Waals surface area contributed by atoms with Gasteiger partial charge in [0.15, 0.2) is 11.6 Å². The highest BCUT2D eigenvalue weighted by Gasteiger charge is 2.56. The van der Waals surface area contributed by atoms with E-state index in [0.29, 0.717) is 66.6 Å². The molecule has 8 aromatic carbocycles. The quantitative estimate of drug-likeness (QED) is 0.105. The maximum Gasteiger partial charge on any atom is 0.194 e. The molecule has 18 heteroatoms. The van der Waals surface area contributed by atoms with Gasteiger partial charge in [-0.15, -0.1) is 68.0 Å². The largest absolute Gasteiger partial charge is 0.289 e. The molecule has 0 unspecified atom stereocenters. The van der Waals surface area contributed by atoms with E-state index in [-0.39, 0.29) is 33.9 Å². The number of fused-ring (bicyclic) bond motifs is 17. The number of thiophene rings is 6. The Morgan fingerprint density at radius 1 is 0.356 bits per heavy atom. The number of carbonyl (C=O) groups is 2. The summed E-state index contributed by atoms with van der Waals surface area (Å²) >= 11 is 13.4. The van der Waals surface area contributed by atoms with Crippen molar-refractivity contribution in [3.8, 4) is 64.7 Å². The summed E-state index contributed by atoms with van der Waals surface area (Å²) in [6, 6.07) is 72.2. The summed E-state index contributed by atoms with van der Waals surface area (Å²) in [6.45, 7) is 8.64. The van der Waals surface area contributed by atoms with E-state index in [9.17, 15) is 30.6 Å². The number of rotatable bonds is 8. The summed E-state index contributed by atoms with van der Waals surface area (Å²) in [4.78, 5) is 35.5. The van der Waals surface area contributed by atoms with E-state index < -0.39 is 10.8 Å². The van der Waals surface area contributed by atoms with Gasteiger partial charge in [-0.1, -0.05) is 192 Å². The SMILES string of the molecule is Cc1ccc(C2(c3ccc(C)cc3)c3c(sc4cc(-c5ccc(C=C6C(=O)c7ccccc7C6=C(C#N)C#N)c6nsnc56)sc34)-c3sc4c5c(sc4c32)-c2sc3cc(-c4ccc(C=C6C(=O)c7ccccc7C6=C(C#N)C#N)c6nsnc46)sc3c2C5(c2ccc(C)cc2)c2ccc(C)cc2)cc1. The first-order chi connectivity index (χ1) is 50.8. The molecule has 0 saturated carbocycles. The molecule has 16 aromatic rings. The summed E-state index contributed by atoms with van der Waals surface area (Å²) < 4.78 is 27.0. The molecule has 20 rings (SSSR count). The van der Waals surface area contributed by atoms with Crippen LogP contribution in [-0.4, -0.2) is 29.1 Å². The number of Topliss-reactive ketones (excluding diaryl/α,β-unsaturated/α-hetero) is 2. The van der Waals surface area contributed by atoms with Crippen LogP contribution >= 0.6 is 91.5 Å². The molecule has 488 valence electrons. The lowest BCUT2D eigenvalue weighted by molar-refractivity contribution is 0.103. The number of ketones is 2. The van der Waals surface area contributed by atoms with Crippen LogP contribution in [0.25, 0.3) is 114 Å². The van der Waals surface area contributed by atoms with Crippen LogP contribution in [0.15, 0.2) is 204 Å². The fraction of sp³-hybridized carbons (Fsp3) is 0.0698. The fourth-order valence-electron chi connectivity index (χ4n) is 16.3. The zero-order chi connectivity index (χ0) is 70.3. The number of aromatic nitrogens is 4. The van der Waals surface area contributed by atoms with Gasteiger partial charge in [0.2, 0.25) is 0 Å². The maximum atomic E-state index is 14.2. The van der Waals surface area contributed by atoms with Gasteiger partial charge in [-0.25, -0.2) is 0 Å². The van der Waals surface area contributed by atoms with Crippen LogP contribution in [0.2, 0.25) is 0 Å². The van der Waals surface area contributed by atoms with Gasteiger partial charge in [0.05, 0.1) is 72.6 Å². The highest BCUT2D eigenvalue weighted by atomic mass is 32.1. The molecular weight excluding hydrogens is 1430 g/mol. The average molecular weight is 1480 g/mol. The van der Waals surface area contributed by atoms with Gasteiger partial charge >= 0.3 is 0 Å². The van der Waals surface area contributed by atoms with Crippen molar-refractivity contribution in [2.24, 2.45) is 0 Å². The molecule has 4 aliphatic rings. The summed E-state index contributed by atoms with van der Waals surface area (Å²) in [6.07, 6.45) is 3.54. The lowest BCUT2D eigenvalue weighted by atomic mass is 9.67. The topological polar surface area (TPSA) is 181 Å². The van der Waals surface area contributed by atoms with Crippen LogP contribution in [0.3, 0.4) is 0 Å². The molecule has 0 fully saturated rings. The molecule has 0 atom stereocenters. The zero-order valence-corrected chi connectivity index (χ0v) is 61.7. The third-order valence-corrected chi connectivity index (χ3v) is 29.8. The number of hydrogen-bond donors (Lipinski definition) is 0. The molecule has 0 aliphatic heterocycles. The van der Waals surface area contributed by atoms with Crippen LogP contribution in [0.1, 0.15) is 110 Å². The molecule has 0 amide bonds. The number of benzene rings is 8. The van der Waals surface area contributed by atoms with Crippen molar-refractivity contribution >= 4 is 177 Å². The van der Waals surface area contributed by atoms with Gasteiger partial charge in [0, 0.05) is 97.1 Å². The summed E-state index contributed by atoms with van der Waals surface area (Å²) in [7, 11) is 0. The number of allylic oxidation sites excluding steroid dienone is 6. The van der Waals surface area contributed by atoms with Gasteiger partial charge in [-0.2, -0.15) is 38.5 Å². The number of carbonyl (C=O) groups excluding carboxylic acids is 2. The summed E-state index contributed by atoms with van der Waals surface area (Å²) in [5.41, 5.74) is 22.1. The van der Waals surface area contributed by atoms with Crippen LogP contribution < -0.4 is 0 Å². The van der Waals surface area contributed by atoms with E-state index in [0.717, 1.165) is 44.3 Å². The van der Waals surface area contributed by atoms with E-state index in [4.69, 9.17) is 17.5 Å². The van der Waals surface area contributed by atoms with Crippen LogP contribution in [0, 0.1) is 73.0 Å². The highest BCUT2D eigenvalue weighted by Crippen LogP contribution is 2.72. The van der Waals surface area contributed by atoms with E-state index in [1.165, 1.54) is 114 Å². The lowest BCUT2D eigenvalue weighted by Crippen LogP contribution is -2.29. The normalized spacial score (nSPS) is 15.1. The van der Waals surface area contributed by atoms with E-state index in [1.54, 1.807) is 71.2 Å². The molecule has 0 bridgehead atoms. The Morgan fingerprint density at radius 3 is 1.02 bits per heavy atom. The van der Waals surface area contributed by atoms with Gasteiger partial charge in [0.25, 0.3) is 0 Å². The molecule has 0 radical (unpaired) electrons. The molecule has 10 nitrogen and oxygen atoms in total. The first-order valence-corrected chi connectivity index (χ1v) is 39.6. The predicted octanol–water partition coefficient (Wildman–Crippen LogP) is 23.0. The Kier molecular flexibility index (Phi) is 13.8. The molecular formula is C86H44N8O2S8. The standard InChI is InChI=1S/C86H44N8O2S8/c1-41-13-23-49(24-14-41)85(50-25-15-42(2)16-26-50)67-77-63(35-61(97-77)57-31-21-45(71-73(57)93-103-91-71)33-59-65(47(37-87)38-88)53-9-5-7-11-55(53)75(59)95)99-79(67)81-69(85)83-84(101-81)70-82(102-83)80-68(86(70,51-27-17-43(3)18-28-51)52-29-19-44(4)20-30-52)78-64(100-80)36-62(98-78)58-32-22-46(72-74(58)94-104-92-72)34-60-66(48(39-89)40-90)54-10-6-8-12-56(54)76(60)96/h5-36H,1-4H3. The Bertz CT molecular complexity index is 6380. The average Bonchev–Trinajstić information content (AvgIpc) is 1.48. The van der Waals surface area contributed by atoms with Crippen LogP contribution in [0.5, 0.6) is 0 Å². The van der Waals surface area contributed by atoms with Crippen LogP contribution in [0.4, 0.5) is 0 Å². The molecule has 0 spiro atoms. The van der Waals surface area contributed by atoms with Crippen molar-refractivity contribution in [1.82, 2.24) is 17.5 Å². The van der Waals surface area contributed by atoms with Gasteiger partial charge in [-0.05, 0) is 85.4 Å². The second kappa shape index (κ2) is 23.1. The minimum Gasteiger partial charge on any atom is -0.289 e. The molecule has 104 heavy (non-hydrogen) atoms.